The fraction of sp³-hybridized carbons (Fsp3) is 0. The van der Waals surface area contributed by atoms with Crippen molar-refractivity contribution in [1.82, 2.24) is 9.55 Å². The molecule has 0 saturated carbocycles. The lowest BCUT2D eigenvalue weighted by Crippen LogP contribution is -2.19. The summed E-state index contributed by atoms with van der Waals surface area (Å²) in [6.45, 7) is 0. The van der Waals surface area contributed by atoms with Gasteiger partial charge in [-0.3, -0.25) is 9.36 Å². The van der Waals surface area contributed by atoms with E-state index in [4.69, 9.17) is 5.11 Å². The van der Waals surface area contributed by atoms with E-state index in [-0.39, 0.29) is 16.7 Å². The number of aromatic carboxylic acids is 1. The highest BCUT2D eigenvalue weighted by Gasteiger charge is 2.16. The van der Waals surface area contributed by atoms with Gasteiger partial charge in [-0.05, 0) is 24.3 Å². The quantitative estimate of drug-likeness (QED) is 0.783. The molecule has 2 heterocycles. The summed E-state index contributed by atoms with van der Waals surface area (Å²) in [7, 11) is 0. The summed E-state index contributed by atoms with van der Waals surface area (Å²) < 4.78 is 15.2. The van der Waals surface area contributed by atoms with Gasteiger partial charge < -0.3 is 5.11 Å². The summed E-state index contributed by atoms with van der Waals surface area (Å²) in [5, 5.41) is 9.26. The van der Waals surface area contributed by atoms with Crippen LogP contribution in [0.2, 0.25) is 0 Å². The van der Waals surface area contributed by atoms with Crippen LogP contribution >= 0.6 is 0 Å². The van der Waals surface area contributed by atoms with Gasteiger partial charge in [0, 0.05) is 12.4 Å². The molecule has 0 bridgehead atoms. The first-order chi connectivity index (χ1) is 10.1. The SMILES string of the molecule is O=C(O)c1cn(-c2ccccc2F)c2ncccc2c1=O. The standard InChI is InChI=1S/C15H9FN2O3/c16-11-5-1-2-6-12(11)18-8-10(15(20)21)13(19)9-4-3-7-17-14(9)18/h1-8H,(H,20,21). The van der Waals surface area contributed by atoms with Crippen LogP contribution in [0.25, 0.3) is 16.7 Å². The predicted octanol–water partition coefficient (Wildman–Crippen LogP) is 2.22. The van der Waals surface area contributed by atoms with Crippen LogP contribution in [0.5, 0.6) is 0 Å². The molecular weight excluding hydrogens is 275 g/mol. The number of nitrogens with zero attached hydrogens (tertiary/aromatic N) is 2. The van der Waals surface area contributed by atoms with Gasteiger partial charge in [-0.15, -0.1) is 0 Å². The van der Waals surface area contributed by atoms with Gasteiger partial charge in [0.25, 0.3) is 0 Å². The van der Waals surface area contributed by atoms with E-state index in [0.29, 0.717) is 0 Å². The maximum atomic E-state index is 14.0. The molecule has 104 valence electrons. The number of pyridine rings is 2. The van der Waals surface area contributed by atoms with Crippen molar-refractivity contribution >= 4 is 17.0 Å². The molecule has 6 heteroatoms. The number of fused-ring (bicyclic) bond motifs is 1. The number of carboxylic acid groups (broad SMARTS) is 1. The summed E-state index contributed by atoms with van der Waals surface area (Å²) in [5.74, 6) is -1.90. The van der Waals surface area contributed by atoms with Crippen LogP contribution in [0.1, 0.15) is 10.4 Å². The van der Waals surface area contributed by atoms with E-state index in [1.54, 1.807) is 6.07 Å². The molecule has 0 fully saturated rings. The van der Waals surface area contributed by atoms with Crippen molar-refractivity contribution in [2.24, 2.45) is 0 Å². The zero-order valence-corrected chi connectivity index (χ0v) is 10.7. The van der Waals surface area contributed by atoms with E-state index >= 15 is 0 Å². The Morgan fingerprint density at radius 2 is 1.95 bits per heavy atom. The summed E-state index contributed by atoms with van der Waals surface area (Å²) in [4.78, 5) is 27.4. The maximum Gasteiger partial charge on any atom is 0.341 e. The van der Waals surface area contributed by atoms with E-state index in [2.05, 4.69) is 4.98 Å². The van der Waals surface area contributed by atoms with Gasteiger partial charge in [-0.1, -0.05) is 12.1 Å². The normalized spacial score (nSPS) is 10.7. The van der Waals surface area contributed by atoms with Gasteiger partial charge in [0.1, 0.15) is 17.0 Å². The van der Waals surface area contributed by atoms with E-state index in [9.17, 15) is 14.0 Å². The monoisotopic (exact) mass is 284 g/mol. The topological polar surface area (TPSA) is 72.2 Å². The number of benzene rings is 1. The highest BCUT2D eigenvalue weighted by atomic mass is 19.1. The van der Waals surface area contributed by atoms with Gasteiger partial charge in [0.05, 0.1) is 11.1 Å². The minimum atomic E-state index is -1.36. The fourth-order valence-electron chi connectivity index (χ4n) is 2.14. The number of rotatable bonds is 2. The Labute approximate surface area is 117 Å². The van der Waals surface area contributed by atoms with Gasteiger partial charge in [0.15, 0.2) is 0 Å². The molecule has 0 aliphatic heterocycles. The van der Waals surface area contributed by atoms with Crippen molar-refractivity contribution in [1.29, 1.82) is 0 Å². The molecule has 1 aromatic carbocycles. The van der Waals surface area contributed by atoms with Crippen LogP contribution in [0.3, 0.4) is 0 Å². The third-order valence-corrected chi connectivity index (χ3v) is 3.10. The molecule has 0 aliphatic rings. The van der Waals surface area contributed by atoms with Crippen molar-refractivity contribution in [3.63, 3.8) is 0 Å². The van der Waals surface area contributed by atoms with Crippen LogP contribution in [-0.2, 0) is 0 Å². The molecule has 0 saturated heterocycles. The van der Waals surface area contributed by atoms with E-state index in [0.717, 1.165) is 6.20 Å². The lowest BCUT2D eigenvalue weighted by atomic mass is 10.2. The third-order valence-electron chi connectivity index (χ3n) is 3.10. The van der Waals surface area contributed by atoms with Gasteiger partial charge >= 0.3 is 5.97 Å². The van der Waals surface area contributed by atoms with Crippen LogP contribution in [0.4, 0.5) is 4.39 Å². The average Bonchev–Trinajstić information content (AvgIpc) is 2.48. The van der Waals surface area contributed by atoms with Crippen LogP contribution in [0, 0.1) is 5.82 Å². The second kappa shape index (κ2) is 4.82. The van der Waals surface area contributed by atoms with Gasteiger partial charge in [-0.2, -0.15) is 0 Å². The van der Waals surface area contributed by atoms with Crippen LogP contribution in [0.15, 0.2) is 53.6 Å². The van der Waals surface area contributed by atoms with E-state index < -0.39 is 22.8 Å². The van der Waals surface area contributed by atoms with Crippen molar-refractivity contribution in [2.75, 3.05) is 0 Å². The Hall–Kier alpha value is -3.02. The number of hydrogen-bond donors (Lipinski definition) is 1. The molecule has 1 N–H and O–H groups in total. The second-order valence-electron chi connectivity index (χ2n) is 4.37. The zero-order chi connectivity index (χ0) is 15.0. The van der Waals surface area contributed by atoms with Crippen LogP contribution < -0.4 is 5.43 Å². The molecule has 3 rings (SSSR count). The first-order valence-electron chi connectivity index (χ1n) is 6.08. The molecule has 21 heavy (non-hydrogen) atoms. The Morgan fingerprint density at radius 3 is 2.67 bits per heavy atom. The molecule has 3 aromatic rings. The zero-order valence-electron chi connectivity index (χ0n) is 10.7. The van der Waals surface area contributed by atoms with E-state index in [1.807, 2.05) is 0 Å². The number of halogens is 1. The minimum absolute atomic E-state index is 0.126. The first kappa shape index (κ1) is 13.0. The lowest BCUT2D eigenvalue weighted by molar-refractivity contribution is 0.0695. The Bertz CT molecular complexity index is 918. The Balaban J connectivity index is 2.48. The average molecular weight is 284 g/mol. The molecule has 0 amide bonds. The Kier molecular flexibility index (Phi) is 2.98. The smallest absolute Gasteiger partial charge is 0.341 e. The van der Waals surface area contributed by atoms with Crippen molar-refractivity contribution in [3.05, 3.63) is 70.4 Å². The minimum Gasteiger partial charge on any atom is -0.477 e. The van der Waals surface area contributed by atoms with Crippen molar-refractivity contribution in [2.45, 2.75) is 0 Å². The molecule has 2 aromatic heterocycles. The van der Waals surface area contributed by atoms with Crippen molar-refractivity contribution < 1.29 is 14.3 Å². The molecule has 0 atom stereocenters. The Morgan fingerprint density at radius 1 is 1.19 bits per heavy atom. The highest BCUT2D eigenvalue weighted by Crippen LogP contribution is 2.18. The van der Waals surface area contributed by atoms with Crippen LogP contribution in [-0.4, -0.2) is 20.6 Å². The highest BCUT2D eigenvalue weighted by molar-refractivity contribution is 5.92. The maximum absolute atomic E-state index is 14.0. The molecule has 5 nitrogen and oxygen atoms in total. The molecule has 0 radical (unpaired) electrons. The van der Waals surface area contributed by atoms with Gasteiger partial charge in [0.2, 0.25) is 5.43 Å². The molecular formula is C15H9FN2O3. The molecule has 0 aliphatic carbocycles. The second-order valence-corrected chi connectivity index (χ2v) is 4.37. The van der Waals surface area contributed by atoms with Gasteiger partial charge in [-0.25, -0.2) is 14.2 Å². The number of carbonyl (C=O) groups is 1. The summed E-state index contributed by atoms with van der Waals surface area (Å²) in [5.41, 5.74) is -0.738. The summed E-state index contributed by atoms with van der Waals surface area (Å²) >= 11 is 0. The van der Waals surface area contributed by atoms with Crippen molar-refractivity contribution in [3.8, 4) is 5.69 Å². The summed E-state index contributed by atoms with van der Waals surface area (Å²) in [6.07, 6.45) is 2.55. The number of hydrogen-bond acceptors (Lipinski definition) is 3. The third kappa shape index (κ3) is 2.06. The largest absolute Gasteiger partial charge is 0.477 e. The lowest BCUT2D eigenvalue weighted by Gasteiger charge is -2.11. The predicted molar refractivity (Wildman–Crippen MR) is 74.3 cm³/mol. The number of carboxylic acids is 1. The fourth-order valence-corrected chi connectivity index (χ4v) is 2.14. The first-order valence-corrected chi connectivity index (χ1v) is 6.08. The number of aromatic nitrogens is 2. The summed E-state index contributed by atoms with van der Waals surface area (Å²) in [6, 6.07) is 8.87. The number of para-hydroxylation sites is 1. The van der Waals surface area contributed by atoms with E-state index in [1.165, 1.54) is 41.1 Å². The molecule has 0 spiro atoms. The molecule has 0 unspecified atom stereocenters.